The molecule has 0 radical (unpaired) electrons. The Kier molecular flexibility index (Phi) is 5.81. The van der Waals surface area contributed by atoms with E-state index in [1.54, 1.807) is 0 Å². The van der Waals surface area contributed by atoms with E-state index in [2.05, 4.69) is 38.3 Å². The molecule has 0 aromatic rings. The van der Waals surface area contributed by atoms with Crippen molar-refractivity contribution in [2.24, 2.45) is 5.92 Å². The Hall–Kier alpha value is -0.610. The number of nitrogens with one attached hydrogen (secondary N) is 2. The van der Waals surface area contributed by atoms with Crippen molar-refractivity contribution in [3.63, 3.8) is 0 Å². The molecule has 1 aliphatic rings. The number of hydrogen-bond acceptors (Lipinski definition) is 3. The van der Waals surface area contributed by atoms with Crippen LogP contribution in [0.15, 0.2) is 0 Å². The molecule has 0 saturated heterocycles. The molecule has 112 valence electrons. The quantitative estimate of drug-likeness (QED) is 0.714. The predicted octanol–water partition coefficient (Wildman–Crippen LogP) is 1.82. The maximum atomic E-state index is 12.0. The summed E-state index contributed by atoms with van der Waals surface area (Å²) in [6.07, 6.45) is 4.53. The predicted molar refractivity (Wildman–Crippen MR) is 78.0 cm³/mol. The number of amides is 1. The third kappa shape index (κ3) is 5.91. The lowest BCUT2D eigenvalue weighted by molar-refractivity contribution is -0.124. The molecule has 0 aromatic carbocycles. The van der Waals surface area contributed by atoms with E-state index in [9.17, 15) is 9.90 Å². The molecule has 2 atom stereocenters. The van der Waals surface area contributed by atoms with Crippen molar-refractivity contribution >= 4 is 5.91 Å². The van der Waals surface area contributed by atoms with E-state index < -0.39 is 0 Å². The van der Waals surface area contributed by atoms with Crippen LogP contribution in [0.4, 0.5) is 0 Å². The van der Waals surface area contributed by atoms with E-state index in [1.807, 2.05) is 0 Å². The number of carbonyl (C=O) groups is 1. The SMILES string of the molecule is CC1CCCC(CO)(NC(=O)CCNC(C)(C)C)C1. The van der Waals surface area contributed by atoms with Crippen LogP contribution in [0.3, 0.4) is 0 Å². The minimum Gasteiger partial charge on any atom is -0.394 e. The first-order chi connectivity index (χ1) is 8.76. The molecule has 1 aliphatic carbocycles. The van der Waals surface area contributed by atoms with Gasteiger partial charge >= 0.3 is 0 Å². The fourth-order valence-electron chi connectivity index (χ4n) is 2.87. The van der Waals surface area contributed by atoms with Crippen molar-refractivity contribution in [1.29, 1.82) is 0 Å². The van der Waals surface area contributed by atoms with E-state index in [1.165, 1.54) is 6.42 Å². The lowest BCUT2D eigenvalue weighted by atomic mass is 9.77. The van der Waals surface area contributed by atoms with Gasteiger partial charge in [-0.1, -0.05) is 19.8 Å². The lowest BCUT2D eigenvalue weighted by Gasteiger charge is -2.39. The summed E-state index contributed by atoms with van der Waals surface area (Å²) in [5.41, 5.74) is -0.342. The summed E-state index contributed by atoms with van der Waals surface area (Å²) in [4.78, 5) is 12.0. The van der Waals surface area contributed by atoms with Gasteiger partial charge in [-0.15, -0.1) is 0 Å². The molecule has 1 saturated carbocycles. The van der Waals surface area contributed by atoms with Crippen molar-refractivity contribution < 1.29 is 9.90 Å². The van der Waals surface area contributed by atoms with Crippen molar-refractivity contribution in [3.05, 3.63) is 0 Å². The molecule has 3 N–H and O–H groups in total. The summed E-state index contributed by atoms with van der Waals surface area (Å²) in [7, 11) is 0. The molecule has 2 unspecified atom stereocenters. The Morgan fingerprint density at radius 2 is 2.11 bits per heavy atom. The number of hydrogen-bond donors (Lipinski definition) is 3. The van der Waals surface area contributed by atoms with Crippen LogP contribution >= 0.6 is 0 Å². The highest BCUT2D eigenvalue weighted by Gasteiger charge is 2.35. The van der Waals surface area contributed by atoms with Crippen LogP contribution < -0.4 is 10.6 Å². The second-order valence-electron chi connectivity index (χ2n) is 7.11. The molecule has 1 fully saturated rings. The van der Waals surface area contributed by atoms with E-state index >= 15 is 0 Å². The molecule has 19 heavy (non-hydrogen) atoms. The molecule has 1 amide bonds. The Morgan fingerprint density at radius 3 is 2.63 bits per heavy atom. The molecule has 0 heterocycles. The number of aliphatic hydroxyl groups excluding tert-OH is 1. The minimum atomic E-state index is -0.378. The van der Waals surface area contributed by atoms with E-state index in [0.717, 1.165) is 19.3 Å². The van der Waals surface area contributed by atoms with Gasteiger partial charge in [0.15, 0.2) is 0 Å². The van der Waals surface area contributed by atoms with Gasteiger partial charge < -0.3 is 15.7 Å². The van der Waals surface area contributed by atoms with Gasteiger partial charge in [0.1, 0.15) is 0 Å². The van der Waals surface area contributed by atoms with E-state index in [0.29, 0.717) is 18.9 Å². The topological polar surface area (TPSA) is 61.4 Å². The van der Waals surface area contributed by atoms with Gasteiger partial charge in [-0.3, -0.25) is 4.79 Å². The maximum Gasteiger partial charge on any atom is 0.221 e. The second kappa shape index (κ2) is 6.71. The van der Waals surface area contributed by atoms with Gasteiger partial charge in [-0.05, 0) is 39.5 Å². The van der Waals surface area contributed by atoms with Crippen molar-refractivity contribution in [3.8, 4) is 0 Å². The number of carbonyl (C=O) groups excluding carboxylic acids is 1. The molecule has 0 bridgehead atoms. The summed E-state index contributed by atoms with van der Waals surface area (Å²) in [5, 5.41) is 16.0. The van der Waals surface area contributed by atoms with Crippen LogP contribution in [0.2, 0.25) is 0 Å². The van der Waals surface area contributed by atoms with Crippen LogP contribution in [-0.4, -0.2) is 35.2 Å². The standard InChI is InChI=1S/C15H30N2O2/c1-12-6-5-8-15(10-12,11-18)17-13(19)7-9-16-14(2,3)4/h12,16,18H,5-11H2,1-4H3,(H,17,19). The van der Waals surface area contributed by atoms with E-state index in [-0.39, 0.29) is 23.6 Å². The lowest BCUT2D eigenvalue weighted by Crippen LogP contribution is -2.54. The van der Waals surface area contributed by atoms with Crippen molar-refractivity contribution in [1.82, 2.24) is 10.6 Å². The summed E-state index contributed by atoms with van der Waals surface area (Å²) in [6, 6.07) is 0. The summed E-state index contributed by atoms with van der Waals surface area (Å²) >= 11 is 0. The van der Waals surface area contributed by atoms with Crippen LogP contribution in [-0.2, 0) is 4.79 Å². The molecule has 4 nitrogen and oxygen atoms in total. The molecule has 0 aromatic heterocycles. The van der Waals surface area contributed by atoms with Gasteiger partial charge in [0.25, 0.3) is 0 Å². The van der Waals surface area contributed by atoms with Gasteiger partial charge in [-0.25, -0.2) is 0 Å². The van der Waals surface area contributed by atoms with Gasteiger partial charge in [0, 0.05) is 18.5 Å². The molecule has 4 heteroatoms. The summed E-state index contributed by atoms with van der Waals surface area (Å²) < 4.78 is 0. The first-order valence-corrected chi connectivity index (χ1v) is 7.43. The average molecular weight is 270 g/mol. The Labute approximate surface area is 117 Å². The third-order valence-electron chi connectivity index (χ3n) is 3.81. The average Bonchev–Trinajstić information content (AvgIpc) is 2.27. The molecular weight excluding hydrogens is 240 g/mol. The molecule has 1 rings (SSSR count). The Bertz CT molecular complexity index is 299. The first kappa shape index (κ1) is 16.4. The van der Waals surface area contributed by atoms with Crippen molar-refractivity contribution in [2.45, 2.75) is 70.9 Å². The zero-order chi connectivity index (χ0) is 14.5. The zero-order valence-corrected chi connectivity index (χ0v) is 12.9. The highest BCUT2D eigenvalue weighted by Crippen LogP contribution is 2.31. The Balaban J connectivity index is 2.40. The van der Waals surface area contributed by atoms with E-state index in [4.69, 9.17) is 0 Å². The smallest absolute Gasteiger partial charge is 0.221 e. The highest BCUT2D eigenvalue weighted by atomic mass is 16.3. The molecular formula is C15H30N2O2. The minimum absolute atomic E-state index is 0.0360. The maximum absolute atomic E-state index is 12.0. The number of aliphatic hydroxyl groups is 1. The third-order valence-corrected chi connectivity index (χ3v) is 3.81. The molecule has 0 spiro atoms. The zero-order valence-electron chi connectivity index (χ0n) is 12.9. The van der Waals surface area contributed by atoms with Crippen LogP contribution in [0.1, 0.15) is 59.8 Å². The monoisotopic (exact) mass is 270 g/mol. The summed E-state index contributed by atoms with van der Waals surface area (Å²) in [5.74, 6) is 0.619. The van der Waals surface area contributed by atoms with Crippen molar-refractivity contribution in [2.75, 3.05) is 13.2 Å². The summed E-state index contributed by atoms with van der Waals surface area (Å²) in [6.45, 7) is 9.17. The molecule has 0 aliphatic heterocycles. The van der Waals surface area contributed by atoms with Crippen LogP contribution in [0.25, 0.3) is 0 Å². The fraction of sp³-hybridized carbons (Fsp3) is 0.933. The van der Waals surface area contributed by atoms with Gasteiger partial charge in [0.2, 0.25) is 5.91 Å². The first-order valence-electron chi connectivity index (χ1n) is 7.43. The Morgan fingerprint density at radius 1 is 1.42 bits per heavy atom. The largest absolute Gasteiger partial charge is 0.394 e. The van der Waals surface area contributed by atoms with Crippen LogP contribution in [0, 0.1) is 5.92 Å². The highest BCUT2D eigenvalue weighted by molar-refractivity contribution is 5.77. The van der Waals surface area contributed by atoms with Crippen LogP contribution in [0.5, 0.6) is 0 Å². The normalized spacial score (nSPS) is 28.2. The second-order valence-corrected chi connectivity index (χ2v) is 7.11. The van der Waals surface area contributed by atoms with Gasteiger partial charge in [0.05, 0.1) is 12.1 Å². The fourth-order valence-corrected chi connectivity index (χ4v) is 2.87. The van der Waals surface area contributed by atoms with Gasteiger partial charge in [-0.2, -0.15) is 0 Å². The number of rotatable bonds is 5.